The van der Waals surface area contributed by atoms with E-state index in [4.69, 9.17) is 5.26 Å². The Morgan fingerprint density at radius 1 is 1.53 bits per heavy atom. The molecule has 80 valence electrons. The molecule has 0 radical (unpaired) electrons. The third-order valence-electron chi connectivity index (χ3n) is 1.83. The minimum atomic E-state index is -2.61. The van der Waals surface area contributed by atoms with E-state index in [0.29, 0.717) is 11.0 Å². The van der Waals surface area contributed by atoms with E-state index in [1.165, 1.54) is 6.20 Å². The van der Waals surface area contributed by atoms with Crippen LogP contribution in [0.1, 0.15) is 23.2 Å². The van der Waals surface area contributed by atoms with E-state index in [-0.39, 0.29) is 22.0 Å². The molecule has 1 aromatic rings. The summed E-state index contributed by atoms with van der Waals surface area (Å²) in [6.45, 7) is 0. The van der Waals surface area contributed by atoms with Crippen molar-refractivity contribution >= 4 is 31.9 Å². The fourth-order valence-electron chi connectivity index (χ4n) is 1.13. The van der Waals surface area contributed by atoms with Gasteiger partial charge >= 0.3 is 0 Å². The predicted octanol–water partition coefficient (Wildman–Crippen LogP) is 3.74. The molecule has 0 saturated heterocycles. The van der Waals surface area contributed by atoms with Gasteiger partial charge in [0.2, 0.25) is 0 Å². The Morgan fingerprint density at radius 2 is 2.20 bits per heavy atom. The Morgan fingerprint density at radius 3 is 2.67 bits per heavy atom. The largest absolute Gasteiger partial charge is 0.265 e. The fraction of sp³-hybridized carbons (Fsp3) is 0.333. The average molecular weight is 340 g/mol. The summed E-state index contributed by atoms with van der Waals surface area (Å²) < 4.78 is 25.8. The van der Waals surface area contributed by atoms with Gasteiger partial charge in [-0.05, 0) is 21.5 Å². The van der Waals surface area contributed by atoms with Crippen LogP contribution in [0.15, 0.2) is 10.7 Å². The zero-order valence-electron chi connectivity index (χ0n) is 7.48. The highest BCUT2D eigenvalue weighted by Gasteiger charge is 2.19. The Bertz CT molecular complexity index is 402. The van der Waals surface area contributed by atoms with Gasteiger partial charge in [0, 0.05) is 21.6 Å². The number of nitrogens with zero attached hydrogens (tertiary/aromatic N) is 2. The number of pyridine rings is 1. The van der Waals surface area contributed by atoms with Crippen molar-refractivity contribution in [1.82, 2.24) is 4.98 Å². The van der Waals surface area contributed by atoms with Gasteiger partial charge in [0.15, 0.2) is 0 Å². The van der Waals surface area contributed by atoms with Gasteiger partial charge in [-0.15, -0.1) is 0 Å². The maximum Gasteiger partial charge on any atom is 0.265 e. The smallest absolute Gasteiger partial charge is 0.259 e. The molecule has 6 heteroatoms. The van der Waals surface area contributed by atoms with Gasteiger partial charge in [0.25, 0.3) is 6.43 Å². The molecule has 0 spiro atoms. The number of rotatable bonds is 3. The van der Waals surface area contributed by atoms with Crippen LogP contribution in [-0.2, 0) is 11.8 Å². The highest BCUT2D eigenvalue weighted by Crippen LogP contribution is 2.33. The van der Waals surface area contributed by atoms with E-state index in [9.17, 15) is 8.78 Å². The maximum atomic E-state index is 12.7. The predicted molar refractivity (Wildman–Crippen MR) is 58.8 cm³/mol. The van der Waals surface area contributed by atoms with Gasteiger partial charge in [-0.2, -0.15) is 5.26 Å². The zero-order chi connectivity index (χ0) is 11.4. The third kappa shape index (κ3) is 2.73. The van der Waals surface area contributed by atoms with Crippen LogP contribution in [0.2, 0.25) is 0 Å². The van der Waals surface area contributed by atoms with Gasteiger partial charge in [-0.25, -0.2) is 8.78 Å². The SMILES string of the molecule is N#CCc1cnc(CBr)c(Br)c1C(F)F. The number of alkyl halides is 3. The monoisotopic (exact) mass is 338 g/mol. The summed E-state index contributed by atoms with van der Waals surface area (Å²) in [7, 11) is 0. The van der Waals surface area contributed by atoms with Crippen molar-refractivity contribution in [2.75, 3.05) is 0 Å². The zero-order valence-corrected chi connectivity index (χ0v) is 10.6. The topological polar surface area (TPSA) is 36.7 Å². The van der Waals surface area contributed by atoms with Crippen molar-refractivity contribution in [3.8, 4) is 6.07 Å². The molecular formula is C9H6Br2F2N2. The summed E-state index contributed by atoms with van der Waals surface area (Å²) in [5.41, 5.74) is 0.636. The molecule has 0 aliphatic heterocycles. The summed E-state index contributed by atoms with van der Waals surface area (Å²) in [5.74, 6) is 0. The number of nitriles is 1. The second kappa shape index (κ2) is 5.52. The average Bonchev–Trinajstić information content (AvgIpc) is 2.18. The number of hydrogen-bond acceptors (Lipinski definition) is 2. The van der Waals surface area contributed by atoms with Crippen molar-refractivity contribution in [3.63, 3.8) is 0 Å². The standard InChI is InChI=1S/C9H6Br2F2N2/c10-3-6-8(11)7(9(12)13)5(1-2-14)4-15-6/h4,9H,1,3H2. The highest BCUT2D eigenvalue weighted by atomic mass is 79.9. The minimum Gasteiger partial charge on any atom is -0.259 e. The van der Waals surface area contributed by atoms with Gasteiger partial charge in [0.05, 0.1) is 18.2 Å². The van der Waals surface area contributed by atoms with Crippen LogP contribution in [0.5, 0.6) is 0 Å². The molecule has 0 aromatic carbocycles. The first kappa shape index (κ1) is 12.5. The van der Waals surface area contributed by atoms with Crippen molar-refractivity contribution in [1.29, 1.82) is 5.26 Å². The lowest BCUT2D eigenvalue weighted by atomic mass is 10.1. The van der Waals surface area contributed by atoms with Gasteiger partial charge in [-0.3, -0.25) is 4.98 Å². The molecule has 0 aliphatic carbocycles. The molecule has 0 unspecified atom stereocenters. The van der Waals surface area contributed by atoms with E-state index in [0.717, 1.165) is 0 Å². The molecule has 0 amide bonds. The van der Waals surface area contributed by atoms with Gasteiger partial charge in [0.1, 0.15) is 0 Å². The Hall–Kier alpha value is -0.540. The minimum absolute atomic E-state index is 0.0617. The lowest BCUT2D eigenvalue weighted by molar-refractivity contribution is 0.149. The van der Waals surface area contributed by atoms with Crippen LogP contribution in [0, 0.1) is 11.3 Å². The lowest BCUT2D eigenvalue weighted by Gasteiger charge is -2.10. The van der Waals surface area contributed by atoms with E-state index in [2.05, 4.69) is 36.8 Å². The summed E-state index contributed by atoms with van der Waals surface area (Å²) in [5, 5.41) is 8.89. The molecule has 15 heavy (non-hydrogen) atoms. The first-order valence-corrected chi connectivity index (χ1v) is 5.90. The molecule has 0 atom stereocenters. The molecule has 0 aliphatic rings. The summed E-state index contributed by atoms with van der Waals surface area (Å²) in [6, 6.07) is 1.84. The van der Waals surface area contributed by atoms with Crippen LogP contribution in [0.4, 0.5) is 8.78 Å². The second-order valence-electron chi connectivity index (χ2n) is 2.73. The Labute approximate surface area is 103 Å². The first-order valence-electron chi connectivity index (χ1n) is 3.99. The Balaban J connectivity index is 3.32. The van der Waals surface area contributed by atoms with Crippen LogP contribution in [0.25, 0.3) is 0 Å². The molecule has 1 rings (SSSR count). The van der Waals surface area contributed by atoms with E-state index < -0.39 is 6.43 Å². The molecule has 2 nitrogen and oxygen atoms in total. The molecule has 0 bridgehead atoms. The van der Waals surface area contributed by atoms with Crippen molar-refractivity contribution in [2.24, 2.45) is 0 Å². The van der Waals surface area contributed by atoms with E-state index in [1.807, 2.05) is 6.07 Å². The third-order valence-corrected chi connectivity index (χ3v) is 3.24. The van der Waals surface area contributed by atoms with Crippen molar-refractivity contribution < 1.29 is 8.78 Å². The van der Waals surface area contributed by atoms with E-state index in [1.54, 1.807) is 0 Å². The molecule has 1 aromatic heterocycles. The van der Waals surface area contributed by atoms with Gasteiger partial charge < -0.3 is 0 Å². The number of halogens is 4. The number of aromatic nitrogens is 1. The normalized spacial score (nSPS) is 10.4. The highest BCUT2D eigenvalue weighted by molar-refractivity contribution is 9.10. The maximum absolute atomic E-state index is 12.7. The molecular weight excluding hydrogens is 334 g/mol. The molecule has 0 fully saturated rings. The van der Waals surface area contributed by atoms with Crippen LogP contribution < -0.4 is 0 Å². The summed E-state index contributed by atoms with van der Waals surface area (Å²) in [4.78, 5) is 3.98. The molecule has 1 heterocycles. The quantitative estimate of drug-likeness (QED) is 0.786. The lowest BCUT2D eigenvalue weighted by Crippen LogP contribution is -2.01. The van der Waals surface area contributed by atoms with Gasteiger partial charge in [-0.1, -0.05) is 15.9 Å². The fourth-order valence-corrected chi connectivity index (χ4v) is 2.61. The summed E-state index contributed by atoms with van der Waals surface area (Å²) in [6.07, 6.45) is -1.34. The number of hydrogen-bond donors (Lipinski definition) is 0. The molecule has 0 N–H and O–H groups in total. The van der Waals surface area contributed by atoms with Crippen LogP contribution in [0.3, 0.4) is 0 Å². The first-order chi connectivity index (χ1) is 7.11. The van der Waals surface area contributed by atoms with Crippen LogP contribution in [-0.4, -0.2) is 4.98 Å². The van der Waals surface area contributed by atoms with E-state index >= 15 is 0 Å². The van der Waals surface area contributed by atoms with Crippen molar-refractivity contribution in [3.05, 3.63) is 27.5 Å². The Kier molecular flexibility index (Phi) is 4.61. The second-order valence-corrected chi connectivity index (χ2v) is 4.08. The molecule has 0 saturated carbocycles. The van der Waals surface area contributed by atoms with Crippen LogP contribution >= 0.6 is 31.9 Å². The summed E-state index contributed by atoms with van der Waals surface area (Å²) >= 11 is 6.23. The van der Waals surface area contributed by atoms with Crippen molar-refractivity contribution in [2.45, 2.75) is 18.2 Å².